The molecule has 1 aromatic carbocycles. The van der Waals surface area contributed by atoms with Crippen LogP contribution in [0.15, 0.2) is 45.1 Å². The smallest absolute Gasteiger partial charge is 0.221 e. The summed E-state index contributed by atoms with van der Waals surface area (Å²) in [7, 11) is 0. The van der Waals surface area contributed by atoms with Gasteiger partial charge >= 0.3 is 0 Å². The van der Waals surface area contributed by atoms with Gasteiger partial charge in [-0.2, -0.15) is 0 Å². The lowest BCUT2D eigenvalue weighted by molar-refractivity contribution is 0.292. The molecule has 0 unspecified atom stereocenters. The van der Waals surface area contributed by atoms with Crippen molar-refractivity contribution in [2.45, 2.75) is 13.3 Å². The predicted octanol–water partition coefficient (Wildman–Crippen LogP) is 2.88. The molecule has 0 atom stereocenters. The van der Waals surface area contributed by atoms with Crippen molar-refractivity contribution in [3.63, 3.8) is 0 Å². The Morgan fingerprint density at radius 3 is 2.94 bits per heavy atom. The summed E-state index contributed by atoms with van der Waals surface area (Å²) in [6.07, 6.45) is 0.626. The molecule has 0 bridgehead atoms. The van der Waals surface area contributed by atoms with Gasteiger partial charge in [0.15, 0.2) is 0 Å². The maximum absolute atomic E-state index is 8.91. The summed E-state index contributed by atoms with van der Waals surface area (Å²) in [6, 6.07) is 7.86. The first kappa shape index (κ1) is 12.3. The SMILES string of the molecule is CC1=C(CCO)CN=C(c2cccc(Br)c2)O1. The lowest BCUT2D eigenvalue weighted by atomic mass is 10.1. The van der Waals surface area contributed by atoms with Gasteiger partial charge in [0.25, 0.3) is 0 Å². The number of halogens is 1. The normalized spacial score (nSPS) is 15.6. The van der Waals surface area contributed by atoms with Crippen molar-refractivity contribution in [2.75, 3.05) is 13.2 Å². The molecule has 0 aromatic heterocycles. The summed E-state index contributed by atoms with van der Waals surface area (Å²) < 4.78 is 6.69. The van der Waals surface area contributed by atoms with Gasteiger partial charge in [0, 0.05) is 16.6 Å². The number of aliphatic hydroxyl groups excluding tert-OH is 1. The molecule has 0 aliphatic carbocycles. The Morgan fingerprint density at radius 2 is 2.29 bits per heavy atom. The highest BCUT2D eigenvalue weighted by molar-refractivity contribution is 9.10. The fourth-order valence-electron chi connectivity index (χ4n) is 1.69. The minimum atomic E-state index is 0.137. The van der Waals surface area contributed by atoms with E-state index in [1.165, 1.54) is 0 Å². The molecular formula is C13H14BrNO2. The van der Waals surface area contributed by atoms with Gasteiger partial charge in [-0.25, -0.2) is 4.99 Å². The highest BCUT2D eigenvalue weighted by atomic mass is 79.9. The second-order valence-corrected chi connectivity index (χ2v) is 4.78. The number of hydrogen-bond acceptors (Lipinski definition) is 3. The molecule has 0 fully saturated rings. The molecule has 1 heterocycles. The second kappa shape index (κ2) is 5.47. The Hall–Kier alpha value is -1.13. The molecule has 1 aliphatic heterocycles. The van der Waals surface area contributed by atoms with Crippen LogP contribution in [0.25, 0.3) is 0 Å². The highest BCUT2D eigenvalue weighted by Crippen LogP contribution is 2.20. The summed E-state index contributed by atoms with van der Waals surface area (Å²) >= 11 is 3.42. The van der Waals surface area contributed by atoms with Crippen LogP contribution in [0.2, 0.25) is 0 Å². The Balaban J connectivity index is 2.17. The first-order valence-electron chi connectivity index (χ1n) is 5.48. The number of aliphatic imine (C=N–C) groups is 1. The second-order valence-electron chi connectivity index (χ2n) is 3.87. The first-order valence-corrected chi connectivity index (χ1v) is 6.27. The van der Waals surface area contributed by atoms with Crippen LogP contribution in [0.5, 0.6) is 0 Å². The van der Waals surface area contributed by atoms with Crippen molar-refractivity contribution in [1.29, 1.82) is 0 Å². The monoisotopic (exact) mass is 295 g/mol. The molecule has 4 heteroatoms. The van der Waals surface area contributed by atoms with Crippen molar-refractivity contribution >= 4 is 21.8 Å². The lowest BCUT2D eigenvalue weighted by Gasteiger charge is -2.18. The number of benzene rings is 1. The Kier molecular flexibility index (Phi) is 3.97. The van der Waals surface area contributed by atoms with E-state index in [9.17, 15) is 0 Å². The van der Waals surface area contributed by atoms with Crippen molar-refractivity contribution < 1.29 is 9.84 Å². The van der Waals surface area contributed by atoms with E-state index in [1.807, 2.05) is 31.2 Å². The molecule has 0 amide bonds. The van der Waals surface area contributed by atoms with Crippen LogP contribution in [0.1, 0.15) is 18.9 Å². The molecule has 0 radical (unpaired) electrons. The zero-order valence-electron chi connectivity index (χ0n) is 9.61. The Labute approximate surface area is 109 Å². The van der Waals surface area contributed by atoms with Gasteiger partial charge < -0.3 is 9.84 Å². The van der Waals surface area contributed by atoms with Crippen LogP contribution in [-0.2, 0) is 4.74 Å². The summed E-state index contributed by atoms with van der Waals surface area (Å²) in [5, 5.41) is 8.91. The molecule has 1 aromatic rings. The third kappa shape index (κ3) is 2.96. The van der Waals surface area contributed by atoms with E-state index >= 15 is 0 Å². The van der Waals surface area contributed by atoms with Gasteiger partial charge in [-0.1, -0.05) is 22.0 Å². The minimum Gasteiger partial charge on any atom is -0.443 e. The largest absolute Gasteiger partial charge is 0.443 e. The Bertz CT molecular complexity index is 480. The highest BCUT2D eigenvalue weighted by Gasteiger charge is 2.15. The first-order chi connectivity index (χ1) is 8.20. The van der Waals surface area contributed by atoms with Crippen LogP contribution in [-0.4, -0.2) is 24.2 Å². The van der Waals surface area contributed by atoms with Crippen molar-refractivity contribution in [3.05, 3.63) is 45.6 Å². The maximum Gasteiger partial charge on any atom is 0.221 e. The van der Waals surface area contributed by atoms with Crippen LogP contribution in [0, 0.1) is 0 Å². The summed E-state index contributed by atoms with van der Waals surface area (Å²) in [5.41, 5.74) is 2.02. The van der Waals surface area contributed by atoms with Crippen molar-refractivity contribution in [3.8, 4) is 0 Å². The molecular weight excluding hydrogens is 282 g/mol. The molecule has 0 saturated heterocycles. The molecule has 3 nitrogen and oxygen atoms in total. The van der Waals surface area contributed by atoms with Gasteiger partial charge in [0.1, 0.15) is 5.76 Å². The minimum absolute atomic E-state index is 0.137. The van der Waals surface area contributed by atoms with Crippen LogP contribution in [0.4, 0.5) is 0 Å². The molecule has 0 saturated carbocycles. The Morgan fingerprint density at radius 1 is 1.47 bits per heavy atom. The van der Waals surface area contributed by atoms with Crippen molar-refractivity contribution in [2.24, 2.45) is 4.99 Å². The fourth-order valence-corrected chi connectivity index (χ4v) is 2.09. The molecule has 1 N–H and O–H groups in total. The van der Waals surface area contributed by atoms with Gasteiger partial charge in [-0.05, 0) is 37.1 Å². The third-order valence-corrected chi connectivity index (χ3v) is 3.14. The van der Waals surface area contributed by atoms with Gasteiger partial charge in [0.05, 0.1) is 6.54 Å². The fraction of sp³-hybridized carbons (Fsp3) is 0.308. The number of allylic oxidation sites excluding steroid dienone is 1. The van der Waals surface area contributed by atoms with Gasteiger partial charge in [-0.15, -0.1) is 0 Å². The molecule has 0 spiro atoms. The lowest BCUT2D eigenvalue weighted by Crippen LogP contribution is -2.15. The predicted molar refractivity (Wildman–Crippen MR) is 71.0 cm³/mol. The van der Waals surface area contributed by atoms with E-state index in [0.29, 0.717) is 18.9 Å². The van der Waals surface area contributed by atoms with Crippen LogP contribution >= 0.6 is 15.9 Å². The van der Waals surface area contributed by atoms with Gasteiger partial charge in [-0.3, -0.25) is 0 Å². The number of aliphatic hydroxyl groups is 1. The average Bonchev–Trinajstić information content (AvgIpc) is 2.32. The molecule has 90 valence electrons. The van der Waals surface area contributed by atoms with E-state index in [2.05, 4.69) is 20.9 Å². The van der Waals surface area contributed by atoms with Crippen LogP contribution in [0.3, 0.4) is 0 Å². The maximum atomic E-state index is 8.91. The number of ether oxygens (including phenoxy) is 1. The summed E-state index contributed by atoms with van der Waals surface area (Å²) in [5.74, 6) is 1.49. The van der Waals surface area contributed by atoms with E-state index in [-0.39, 0.29) is 6.61 Å². The van der Waals surface area contributed by atoms with E-state index in [1.54, 1.807) is 0 Å². The van der Waals surface area contributed by atoms with E-state index < -0.39 is 0 Å². The number of rotatable bonds is 3. The quantitative estimate of drug-likeness (QED) is 0.932. The zero-order valence-corrected chi connectivity index (χ0v) is 11.2. The third-order valence-electron chi connectivity index (χ3n) is 2.65. The van der Waals surface area contributed by atoms with E-state index in [0.717, 1.165) is 21.4 Å². The van der Waals surface area contributed by atoms with Crippen LogP contribution < -0.4 is 0 Å². The zero-order chi connectivity index (χ0) is 12.3. The molecule has 1 aliphatic rings. The average molecular weight is 296 g/mol. The summed E-state index contributed by atoms with van der Waals surface area (Å²) in [4.78, 5) is 4.40. The molecule has 17 heavy (non-hydrogen) atoms. The van der Waals surface area contributed by atoms with Crippen molar-refractivity contribution in [1.82, 2.24) is 0 Å². The van der Waals surface area contributed by atoms with Gasteiger partial charge in [0.2, 0.25) is 5.90 Å². The summed E-state index contributed by atoms with van der Waals surface area (Å²) in [6.45, 7) is 2.66. The standard InChI is InChI=1S/C13H14BrNO2/c1-9-11(5-6-16)8-15-13(17-9)10-3-2-4-12(14)7-10/h2-4,7,16H,5-6,8H2,1H3. The molecule has 2 rings (SSSR count). The topological polar surface area (TPSA) is 41.8 Å². The number of nitrogens with zero attached hydrogens (tertiary/aromatic N) is 1. The van der Waals surface area contributed by atoms with E-state index in [4.69, 9.17) is 9.84 Å². The number of hydrogen-bond donors (Lipinski definition) is 1.